The molecule has 7 unspecified atom stereocenters. The fourth-order valence-electron chi connectivity index (χ4n) is 14.5. The average Bonchev–Trinajstić information content (AvgIpc) is 3.31. The SMILES string of the molecule is CC(C)(C)C1=CC=C(N2C3CC=C(C(C)(C)C4C=CC=CC4)C=C3B3c4cc(C(C)(C)C)ccc4N(C4C=CC(C(C)(C)C5C=CCCC5)=CC4)C4=CC(C5CCCCC5)CC2C34)CC1. The highest BCUT2D eigenvalue weighted by atomic mass is 15.3. The minimum absolute atomic E-state index is 0.0432. The van der Waals surface area contributed by atoms with Crippen molar-refractivity contribution in [2.75, 3.05) is 4.90 Å². The molecule has 65 heavy (non-hydrogen) atoms. The van der Waals surface area contributed by atoms with Crippen LogP contribution < -0.4 is 10.4 Å². The third kappa shape index (κ3) is 8.17. The van der Waals surface area contributed by atoms with E-state index < -0.39 is 0 Å². The number of benzene rings is 1. The zero-order chi connectivity index (χ0) is 45.5. The van der Waals surface area contributed by atoms with Crippen LogP contribution in [0.4, 0.5) is 5.69 Å². The van der Waals surface area contributed by atoms with E-state index >= 15 is 0 Å². The Balaban J connectivity index is 1.16. The Morgan fingerprint density at radius 2 is 1.48 bits per heavy atom. The summed E-state index contributed by atoms with van der Waals surface area (Å²) in [7, 11) is 0. The minimum atomic E-state index is 0.0432. The average molecular weight is 867 g/mol. The molecule has 0 spiro atoms. The third-order valence-electron chi connectivity index (χ3n) is 18.8. The molecule has 1 aromatic rings. The van der Waals surface area contributed by atoms with Gasteiger partial charge in [0, 0.05) is 35.0 Å². The number of anilines is 1. The van der Waals surface area contributed by atoms with Crippen molar-refractivity contribution < 1.29 is 0 Å². The first kappa shape index (κ1) is 45.1. The summed E-state index contributed by atoms with van der Waals surface area (Å²) in [6.07, 6.45) is 53.5. The van der Waals surface area contributed by atoms with E-state index in [1.54, 1.807) is 33.5 Å². The molecule has 0 bridgehead atoms. The Morgan fingerprint density at radius 3 is 2.14 bits per heavy atom. The summed E-state index contributed by atoms with van der Waals surface area (Å²) in [4.78, 5) is 6.04. The van der Waals surface area contributed by atoms with Gasteiger partial charge < -0.3 is 9.80 Å². The van der Waals surface area contributed by atoms with Crippen molar-refractivity contribution >= 4 is 17.9 Å². The van der Waals surface area contributed by atoms with Crippen LogP contribution in [0.1, 0.15) is 165 Å². The van der Waals surface area contributed by atoms with Crippen LogP contribution in [0.25, 0.3) is 0 Å². The van der Waals surface area contributed by atoms with E-state index in [1.807, 2.05) is 0 Å². The molecule has 0 aromatic heterocycles. The first-order chi connectivity index (χ1) is 31.0. The summed E-state index contributed by atoms with van der Waals surface area (Å²) in [6, 6.07) is 8.94. The Kier molecular flexibility index (Phi) is 11.9. The molecule has 0 N–H and O–H groups in total. The van der Waals surface area contributed by atoms with Crippen LogP contribution in [-0.2, 0) is 5.41 Å². The first-order valence-electron chi connectivity index (χ1n) is 26.7. The standard InChI is InChI=1S/C62H83BN2/c1-59(2,3)44-26-32-50(33-27-44)64-55-37-31-49(62(9,10)46-24-18-13-19-25-46)41-53(55)63-52-40-48(60(4,5)6)30-36-54(52)65(57-39-43(38-56(64)58(57)63)42-20-14-11-15-21-42)51-34-28-47(29-35-51)61(7,8)45-22-16-12-17-23-45/h13,16,18-19,22,24,26,28-32,34,36,39-43,45-46,51,55-56,58H,11-12,14-15,17,20-21,23,25,27,33,35,37-38H2,1-10H3. The topological polar surface area (TPSA) is 6.48 Å². The molecule has 1 saturated carbocycles. The fraction of sp³-hybridized carbons (Fsp3) is 0.581. The second-order valence-electron chi connectivity index (χ2n) is 25.3. The molecule has 0 radical (unpaired) electrons. The first-order valence-corrected chi connectivity index (χ1v) is 26.7. The van der Waals surface area contributed by atoms with Gasteiger partial charge in [0.1, 0.15) is 0 Å². The van der Waals surface area contributed by atoms with Crippen molar-refractivity contribution in [3.8, 4) is 0 Å². The fourth-order valence-corrected chi connectivity index (χ4v) is 14.5. The molecule has 1 aromatic carbocycles. The van der Waals surface area contributed by atoms with E-state index in [9.17, 15) is 0 Å². The number of hydrogen-bond acceptors (Lipinski definition) is 2. The highest BCUT2D eigenvalue weighted by Gasteiger charge is 2.58. The van der Waals surface area contributed by atoms with Crippen LogP contribution >= 0.6 is 0 Å². The van der Waals surface area contributed by atoms with Crippen molar-refractivity contribution in [2.24, 2.45) is 39.9 Å². The molecule has 0 amide bonds. The minimum Gasteiger partial charge on any atom is -0.366 e. The second-order valence-corrected chi connectivity index (χ2v) is 25.3. The lowest BCUT2D eigenvalue weighted by Crippen LogP contribution is -2.66. The molecule has 2 aliphatic heterocycles. The number of fused-ring (bicyclic) bond motifs is 4. The van der Waals surface area contributed by atoms with E-state index in [2.05, 4.69) is 182 Å². The van der Waals surface area contributed by atoms with Crippen molar-refractivity contribution in [2.45, 2.75) is 188 Å². The maximum Gasteiger partial charge on any atom is 0.220 e. The van der Waals surface area contributed by atoms with Gasteiger partial charge in [-0.25, -0.2) is 0 Å². The van der Waals surface area contributed by atoms with Gasteiger partial charge in [0.25, 0.3) is 0 Å². The Hall–Kier alpha value is -3.72. The van der Waals surface area contributed by atoms with Crippen LogP contribution in [0.5, 0.6) is 0 Å². The Morgan fingerprint density at radius 1 is 0.692 bits per heavy atom. The predicted octanol–water partition coefficient (Wildman–Crippen LogP) is 15.7. The maximum atomic E-state index is 3.10. The molecule has 3 heteroatoms. The van der Waals surface area contributed by atoms with Gasteiger partial charge >= 0.3 is 0 Å². The van der Waals surface area contributed by atoms with Gasteiger partial charge in [0.05, 0.1) is 6.04 Å². The lowest BCUT2D eigenvalue weighted by Gasteiger charge is -2.61. The summed E-state index contributed by atoms with van der Waals surface area (Å²) in [6.45, 7) is 25.0. The monoisotopic (exact) mass is 867 g/mol. The number of nitrogens with zero attached hydrogens (tertiary/aromatic N) is 2. The van der Waals surface area contributed by atoms with Gasteiger partial charge in [-0.2, -0.15) is 0 Å². The van der Waals surface area contributed by atoms with Gasteiger partial charge in [0.2, 0.25) is 6.71 Å². The quantitative estimate of drug-likeness (QED) is 0.199. The lowest BCUT2D eigenvalue weighted by molar-refractivity contribution is 0.135. The molecule has 7 atom stereocenters. The normalized spacial score (nSPS) is 30.7. The van der Waals surface area contributed by atoms with Gasteiger partial charge in [-0.05, 0) is 145 Å². The van der Waals surface area contributed by atoms with Gasteiger partial charge in [-0.15, -0.1) is 0 Å². The summed E-state index contributed by atoms with van der Waals surface area (Å²) in [5.74, 6) is 2.90. The molecule has 9 aliphatic rings. The van der Waals surface area contributed by atoms with Crippen LogP contribution in [0, 0.1) is 39.9 Å². The van der Waals surface area contributed by atoms with E-state index in [0.717, 1.165) is 31.6 Å². The van der Waals surface area contributed by atoms with E-state index in [0.29, 0.717) is 48.4 Å². The van der Waals surface area contributed by atoms with Gasteiger partial charge in [0.15, 0.2) is 0 Å². The van der Waals surface area contributed by atoms with Crippen LogP contribution in [0.2, 0.25) is 5.82 Å². The lowest BCUT2D eigenvalue weighted by atomic mass is 9.25. The summed E-state index contributed by atoms with van der Waals surface area (Å²) in [5.41, 5.74) is 14.6. The van der Waals surface area contributed by atoms with Crippen LogP contribution in [0.3, 0.4) is 0 Å². The molecule has 344 valence electrons. The summed E-state index contributed by atoms with van der Waals surface area (Å²) in [5, 5.41) is 0. The molecule has 1 saturated heterocycles. The van der Waals surface area contributed by atoms with Gasteiger partial charge in [-0.3, -0.25) is 0 Å². The second kappa shape index (κ2) is 17.1. The Bertz CT molecular complexity index is 2330. The molecular formula is C62H83BN2. The Labute approximate surface area is 396 Å². The molecule has 2 heterocycles. The molecular weight excluding hydrogens is 784 g/mol. The number of allylic oxidation sites excluding steroid dienone is 15. The largest absolute Gasteiger partial charge is 0.366 e. The van der Waals surface area contributed by atoms with Crippen molar-refractivity contribution in [1.82, 2.24) is 4.90 Å². The van der Waals surface area contributed by atoms with Crippen LogP contribution in [-0.4, -0.2) is 29.7 Å². The van der Waals surface area contributed by atoms with Crippen molar-refractivity contribution in [3.05, 3.63) is 142 Å². The van der Waals surface area contributed by atoms with E-state index in [-0.39, 0.29) is 21.7 Å². The highest BCUT2D eigenvalue weighted by molar-refractivity contribution is 6.84. The molecule has 7 aliphatic carbocycles. The van der Waals surface area contributed by atoms with E-state index in [4.69, 9.17) is 0 Å². The summed E-state index contributed by atoms with van der Waals surface area (Å²) < 4.78 is 0. The molecule has 2 fully saturated rings. The zero-order valence-electron chi connectivity index (χ0n) is 42.3. The summed E-state index contributed by atoms with van der Waals surface area (Å²) >= 11 is 0. The van der Waals surface area contributed by atoms with Crippen molar-refractivity contribution in [1.29, 1.82) is 0 Å². The zero-order valence-corrected chi connectivity index (χ0v) is 42.3. The maximum absolute atomic E-state index is 3.10. The van der Waals surface area contributed by atoms with Crippen molar-refractivity contribution in [3.63, 3.8) is 0 Å². The molecule has 10 rings (SSSR count). The highest BCUT2D eigenvalue weighted by Crippen LogP contribution is 2.57. The van der Waals surface area contributed by atoms with Crippen LogP contribution in [0.15, 0.2) is 137 Å². The number of rotatable bonds is 7. The van der Waals surface area contributed by atoms with Gasteiger partial charge in [-0.1, -0.05) is 196 Å². The third-order valence-corrected chi connectivity index (χ3v) is 18.8. The predicted molar refractivity (Wildman–Crippen MR) is 281 cm³/mol. The van der Waals surface area contributed by atoms with E-state index in [1.165, 1.54) is 81.0 Å². The molecule has 2 nitrogen and oxygen atoms in total. The number of hydrogen-bond donors (Lipinski definition) is 0. The smallest absolute Gasteiger partial charge is 0.220 e.